The van der Waals surface area contributed by atoms with E-state index in [4.69, 9.17) is 14.2 Å². The van der Waals surface area contributed by atoms with Crippen LogP contribution in [0.25, 0.3) is 22.3 Å². The Labute approximate surface area is 354 Å². The molecule has 6 heterocycles. The van der Waals surface area contributed by atoms with Gasteiger partial charge in [0.1, 0.15) is 52.8 Å². The van der Waals surface area contributed by atoms with E-state index in [1.54, 1.807) is 48.3 Å². The molecule has 3 aliphatic rings. The molecule has 2 N–H and O–H groups in total. The summed E-state index contributed by atoms with van der Waals surface area (Å²) in [5.41, 5.74) is -2.11. The summed E-state index contributed by atoms with van der Waals surface area (Å²) in [6, 6.07) is 15.1. The predicted octanol–water partition coefficient (Wildman–Crippen LogP) is 7.97. The summed E-state index contributed by atoms with van der Waals surface area (Å²) in [6.45, 7) is 3.30. The van der Waals surface area contributed by atoms with Gasteiger partial charge in [0.15, 0.2) is 5.82 Å². The minimum atomic E-state index is -4.96. The number of benzene rings is 2. The Kier molecular flexibility index (Phi) is 12.0. The Hall–Kier alpha value is -6.04. The number of carbonyl (C=O) groups is 1. The van der Waals surface area contributed by atoms with Gasteiger partial charge in [-0.15, -0.1) is 0 Å². The molecule has 13 nitrogen and oxygen atoms in total. The summed E-state index contributed by atoms with van der Waals surface area (Å²) < 4.78 is 94.3. The van der Waals surface area contributed by atoms with Crippen molar-refractivity contribution in [2.75, 3.05) is 56.8 Å². The van der Waals surface area contributed by atoms with Crippen molar-refractivity contribution in [2.24, 2.45) is 0 Å². The first-order valence-corrected chi connectivity index (χ1v) is 20.5. The van der Waals surface area contributed by atoms with E-state index in [1.165, 1.54) is 19.2 Å². The molecule has 1 amide bonds. The fourth-order valence-corrected chi connectivity index (χ4v) is 9.07. The lowest BCUT2D eigenvalue weighted by atomic mass is 9.95. The number of fused-ring (bicyclic) bond motifs is 2. The van der Waals surface area contributed by atoms with E-state index in [0.29, 0.717) is 43.9 Å². The fourth-order valence-electron chi connectivity index (χ4n) is 9.07. The van der Waals surface area contributed by atoms with Gasteiger partial charge in [-0.2, -0.15) is 23.1 Å². The number of rotatable bonds is 13. The second-order valence-corrected chi connectivity index (χ2v) is 16.2. The van der Waals surface area contributed by atoms with Gasteiger partial charge in [0.2, 0.25) is 0 Å². The number of nitrogens with zero attached hydrogens (tertiary/aromatic N) is 7. The Bertz CT molecular complexity index is 2380. The number of halogens is 5. The smallest absolute Gasteiger partial charge is 0.418 e. The number of nitrogens with one attached hydrogen (secondary N) is 1. The second-order valence-electron chi connectivity index (χ2n) is 16.2. The molecule has 3 atom stereocenters. The molecular weight excluding hydrogens is 816 g/mol. The van der Waals surface area contributed by atoms with Crippen LogP contribution in [0.1, 0.15) is 54.4 Å². The highest BCUT2D eigenvalue weighted by Crippen LogP contribution is 2.43. The minimum Gasteiger partial charge on any atom is -0.497 e. The van der Waals surface area contributed by atoms with E-state index in [9.17, 15) is 14.3 Å². The molecule has 3 aliphatic heterocycles. The summed E-state index contributed by atoms with van der Waals surface area (Å²) in [4.78, 5) is 35.2. The number of anilines is 2. The fraction of sp³-hybridized carbons (Fsp3) is 0.432. The lowest BCUT2D eigenvalue weighted by molar-refractivity contribution is -0.137. The number of ether oxygens (including phenoxy) is 3. The lowest BCUT2D eigenvalue weighted by Crippen LogP contribution is -2.47. The van der Waals surface area contributed by atoms with E-state index in [-0.39, 0.29) is 73.3 Å². The third-order valence-electron chi connectivity index (χ3n) is 12.0. The number of amides is 1. The molecule has 3 aromatic heterocycles. The van der Waals surface area contributed by atoms with E-state index >= 15 is 17.6 Å². The Balaban J connectivity index is 1.25. The number of hydrogen-bond donors (Lipinski definition) is 2. The first-order chi connectivity index (χ1) is 29.7. The van der Waals surface area contributed by atoms with Crippen molar-refractivity contribution in [3.05, 3.63) is 88.9 Å². The van der Waals surface area contributed by atoms with E-state index in [1.807, 2.05) is 29.2 Å². The van der Waals surface area contributed by atoms with Gasteiger partial charge in [-0.25, -0.2) is 18.6 Å². The van der Waals surface area contributed by atoms with Crippen molar-refractivity contribution in [2.45, 2.75) is 76.0 Å². The molecule has 0 spiro atoms. The van der Waals surface area contributed by atoms with Gasteiger partial charge < -0.3 is 34.4 Å². The third kappa shape index (κ3) is 8.82. The van der Waals surface area contributed by atoms with Gasteiger partial charge in [-0.05, 0) is 86.2 Å². The largest absolute Gasteiger partial charge is 0.497 e. The maximum atomic E-state index is 17.4. The lowest BCUT2D eigenvalue weighted by Gasteiger charge is -2.34. The van der Waals surface area contributed by atoms with Crippen molar-refractivity contribution in [3.8, 4) is 28.9 Å². The van der Waals surface area contributed by atoms with Gasteiger partial charge in [-0.1, -0.05) is 24.3 Å². The van der Waals surface area contributed by atoms with Crippen LogP contribution in [0.2, 0.25) is 0 Å². The molecule has 3 saturated heterocycles. The normalized spacial score (nSPS) is 20.3. The monoisotopic (exact) mass is 862 g/mol. The zero-order valence-electron chi connectivity index (χ0n) is 34.5. The van der Waals surface area contributed by atoms with Crippen LogP contribution in [-0.4, -0.2) is 101 Å². The molecule has 0 unspecified atom stereocenters. The van der Waals surface area contributed by atoms with Gasteiger partial charge in [-0.3, -0.25) is 9.88 Å². The summed E-state index contributed by atoms with van der Waals surface area (Å²) in [6.07, 6.45) is -3.10. The molecule has 0 bridgehead atoms. The number of carboxylic acid groups (broad SMARTS) is 1. The molecular formula is C44H47F5N8O5. The van der Waals surface area contributed by atoms with Gasteiger partial charge in [0, 0.05) is 51.4 Å². The average Bonchev–Trinajstić information content (AvgIpc) is 3.78. The Morgan fingerprint density at radius 2 is 1.63 bits per heavy atom. The highest BCUT2D eigenvalue weighted by atomic mass is 19.4. The molecule has 62 heavy (non-hydrogen) atoms. The molecule has 5 aromatic rings. The molecule has 3 fully saturated rings. The second kappa shape index (κ2) is 17.4. The number of pyridine rings is 2. The van der Waals surface area contributed by atoms with Crippen LogP contribution in [0.5, 0.6) is 17.5 Å². The highest BCUT2D eigenvalue weighted by Gasteiger charge is 2.49. The van der Waals surface area contributed by atoms with Crippen LogP contribution in [0.4, 0.5) is 38.4 Å². The van der Waals surface area contributed by atoms with Crippen LogP contribution in [-0.2, 0) is 19.3 Å². The van der Waals surface area contributed by atoms with Crippen LogP contribution in [0.3, 0.4) is 0 Å². The standard InChI is InChI=1S/C44H47F5N8O5/c1-26-18-34(56(21-27-7-11-31(60-2)12-8-27)22-28-9-13-32(61-3)14-10-28)52-38(35(26)44(47,48)49)39-36(46)37-33(20-50-39)40(55-16-4-6-30(24-55)51-42(58)59)54-41(53-37)62-25-43-15-5-17-57(43)23-29(45)19-43/h7-14,18,20,29-30,51H,4-6,15-17,19,21-25H2,1-3H3,(H,58,59)/t29-,30+,43+/m1/s1. The van der Waals surface area contributed by atoms with Gasteiger partial charge in [0.05, 0.1) is 30.7 Å². The summed E-state index contributed by atoms with van der Waals surface area (Å²) in [5, 5.41) is 12.0. The van der Waals surface area contributed by atoms with Gasteiger partial charge in [0.25, 0.3) is 0 Å². The van der Waals surface area contributed by atoms with Crippen LogP contribution >= 0.6 is 0 Å². The zero-order valence-corrected chi connectivity index (χ0v) is 34.5. The Morgan fingerprint density at radius 1 is 0.952 bits per heavy atom. The number of alkyl halides is 4. The van der Waals surface area contributed by atoms with Crippen LogP contribution in [0, 0.1) is 12.7 Å². The van der Waals surface area contributed by atoms with E-state index in [0.717, 1.165) is 17.5 Å². The summed E-state index contributed by atoms with van der Waals surface area (Å²) in [7, 11) is 3.09. The highest BCUT2D eigenvalue weighted by molar-refractivity contribution is 5.92. The van der Waals surface area contributed by atoms with Crippen LogP contribution < -0.4 is 29.3 Å². The zero-order chi connectivity index (χ0) is 43.8. The number of hydrogen-bond acceptors (Lipinski definition) is 11. The van der Waals surface area contributed by atoms with E-state index in [2.05, 4.69) is 25.3 Å². The predicted molar refractivity (Wildman–Crippen MR) is 221 cm³/mol. The number of aromatic nitrogens is 4. The maximum Gasteiger partial charge on any atom is 0.418 e. The van der Waals surface area contributed by atoms with Crippen molar-refractivity contribution < 1.29 is 46.1 Å². The molecule has 8 rings (SSSR count). The number of methoxy groups -OCH3 is 2. The first kappa shape index (κ1) is 42.6. The third-order valence-corrected chi connectivity index (χ3v) is 12.0. The number of piperidine rings is 1. The minimum absolute atomic E-state index is 0.0143. The summed E-state index contributed by atoms with van der Waals surface area (Å²) >= 11 is 0. The van der Waals surface area contributed by atoms with Gasteiger partial charge >= 0.3 is 18.3 Å². The summed E-state index contributed by atoms with van der Waals surface area (Å²) in [5.74, 6) is 0.395. The molecule has 328 valence electrons. The van der Waals surface area contributed by atoms with Crippen molar-refractivity contribution in [1.29, 1.82) is 0 Å². The molecule has 0 radical (unpaired) electrons. The first-order valence-electron chi connectivity index (χ1n) is 20.5. The maximum absolute atomic E-state index is 17.4. The molecule has 18 heteroatoms. The van der Waals surface area contributed by atoms with Crippen LogP contribution in [0.15, 0.2) is 60.8 Å². The molecule has 0 saturated carbocycles. The topological polar surface area (TPSA) is 138 Å². The molecule has 2 aromatic carbocycles. The average molecular weight is 863 g/mol. The van der Waals surface area contributed by atoms with Crippen molar-refractivity contribution >= 4 is 28.6 Å². The van der Waals surface area contributed by atoms with E-state index < -0.39 is 52.8 Å². The van der Waals surface area contributed by atoms with Crippen molar-refractivity contribution in [1.82, 2.24) is 30.2 Å². The number of aryl methyl sites for hydroxylation is 1. The Morgan fingerprint density at radius 3 is 2.26 bits per heavy atom. The molecule has 0 aliphatic carbocycles. The quantitative estimate of drug-likeness (QED) is 0.111. The van der Waals surface area contributed by atoms with Crippen molar-refractivity contribution in [3.63, 3.8) is 0 Å². The SMILES string of the molecule is COc1ccc(CN(Cc2ccc(OC)cc2)c2cc(C)c(C(F)(F)F)c(-c3ncc4c(N5CCC[C@H](NC(=O)O)C5)nc(OC[C@@]56CCCN5C[C@H](F)C6)nc4c3F)n2)cc1.